The van der Waals surface area contributed by atoms with Gasteiger partial charge in [0.15, 0.2) is 6.29 Å². The van der Waals surface area contributed by atoms with Crippen LogP contribution in [0.25, 0.3) is 0 Å². The number of ketones is 1. The van der Waals surface area contributed by atoms with E-state index in [0.717, 1.165) is 62.5 Å². The Kier molecular flexibility index (Phi) is 6.87. The molecule has 2 N–H and O–H groups in total. The highest BCUT2D eigenvalue weighted by atomic mass is 16.2. The number of benzene rings is 1. The van der Waals surface area contributed by atoms with E-state index in [1.807, 2.05) is 12.1 Å². The second kappa shape index (κ2) is 10.0. The van der Waals surface area contributed by atoms with Gasteiger partial charge in [0, 0.05) is 51.7 Å². The zero-order valence-corrected chi connectivity index (χ0v) is 19.5. The number of nitrogens with one attached hydrogen (secondary N) is 2. The fourth-order valence-electron chi connectivity index (χ4n) is 5.99. The lowest BCUT2D eigenvalue weighted by Crippen LogP contribution is -2.52. The van der Waals surface area contributed by atoms with E-state index >= 15 is 0 Å². The summed E-state index contributed by atoms with van der Waals surface area (Å²) < 4.78 is 0. The van der Waals surface area contributed by atoms with Gasteiger partial charge in [0.1, 0.15) is 6.04 Å². The number of carbonyl (C=O) groups excluding carboxylic acids is 4. The third-order valence-electron chi connectivity index (χ3n) is 7.82. The van der Waals surface area contributed by atoms with Gasteiger partial charge in [-0.2, -0.15) is 0 Å². The Bertz CT molecular complexity index is 968. The van der Waals surface area contributed by atoms with Gasteiger partial charge in [-0.3, -0.25) is 39.2 Å². The van der Waals surface area contributed by atoms with Gasteiger partial charge in [0.2, 0.25) is 17.6 Å². The lowest BCUT2D eigenvalue weighted by atomic mass is 9.97. The second-order valence-electron chi connectivity index (χ2n) is 9.89. The molecule has 1 aromatic rings. The van der Waals surface area contributed by atoms with Gasteiger partial charge >= 0.3 is 0 Å². The molecule has 4 heterocycles. The lowest BCUT2D eigenvalue weighted by molar-refractivity contribution is -0.141. The first-order valence-electron chi connectivity index (χ1n) is 12.4. The van der Waals surface area contributed by atoms with Crippen molar-refractivity contribution < 1.29 is 19.2 Å². The van der Waals surface area contributed by atoms with Crippen LogP contribution in [0.2, 0.25) is 0 Å². The summed E-state index contributed by atoms with van der Waals surface area (Å²) in [6.45, 7) is 7.61. The zero-order valence-electron chi connectivity index (χ0n) is 19.5. The van der Waals surface area contributed by atoms with Crippen LogP contribution >= 0.6 is 0 Å². The number of piperazine rings is 1. The largest absolute Gasteiger partial charge is 0.317 e. The maximum absolute atomic E-state index is 12.7. The SMILES string of the molecule is O=CC(=O)C1c2cc(CN3CCN(C4CCNCC4)CC3)ccc2CN1C1CCC(=O)NC1=O. The number of fused-ring (bicyclic) bond motifs is 1. The number of nitrogens with zero attached hydrogens (tertiary/aromatic N) is 3. The molecule has 2 unspecified atom stereocenters. The van der Waals surface area contributed by atoms with Gasteiger partial charge in [0.05, 0.1) is 6.04 Å². The van der Waals surface area contributed by atoms with Crippen LogP contribution in [0.4, 0.5) is 0 Å². The molecule has 2 amide bonds. The summed E-state index contributed by atoms with van der Waals surface area (Å²) in [4.78, 5) is 55.1. The average Bonchev–Trinajstić information content (AvgIpc) is 3.23. The van der Waals surface area contributed by atoms with Gasteiger partial charge in [-0.15, -0.1) is 0 Å². The smallest absolute Gasteiger partial charge is 0.243 e. The first-order chi connectivity index (χ1) is 16.5. The van der Waals surface area contributed by atoms with Gasteiger partial charge in [0.25, 0.3) is 0 Å². The Labute approximate surface area is 199 Å². The molecule has 4 aliphatic heterocycles. The van der Waals surface area contributed by atoms with Crippen LogP contribution in [0.1, 0.15) is 48.4 Å². The summed E-state index contributed by atoms with van der Waals surface area (Å²) >= 11 is 0. The van der Waals surface area contributed by atoms with Crippen LogP contribution in [0.3, 0.4) is 0 Å². The maximum Gasteiger partial charge on any atom is 0.243 e. The van der Waals surface area contributed by atoms with Crippen molar-refractivity contribution in [3.05, 3.63) is 34.9 Å². The van der Waals surface area contributed by atoms with E-state index in [0.29, 0.717) is 25.3 Å². The third kappa shape index (κ3) is 4.70. The van der Waals surface area contributed by atoms with E-state index in [1.54, 1.807) is 4.90 Å². The van der Waals surface area contributed by atoms with Crippen LogP contribution in [-0.4, -0.2) is 89.9 Å². The molecule has 0 bridgehead atoms. The fourth-order valence-corrected chi connectivity index (χ4v) is 5.99. The number of imide groups is 1. The molecule has 9 nitrogen and oxygen atoms in total. The third-order valence-corrected chi connectivity index (χ3v) is 7.82. The number of Topliss-reactive ketones (excluding diaryl/α,β-unsaturated/α-hetero) is 1. The summed E-state index contributed by atoms with van der Waals surface area (Å²) in [5.41, 5.74) is 2.89. The van der Waals surface area contributed by atoms with Gasteiger partial charge < -0.3 is 5.32 Å². The highest BCUT2D eigenvalue weighted by Crippen LogP contribution is 2.38. The minimum absolute atomic E-state index is 0.236. The molecule has 3 saturated heterocycles. The van der Waals surface area contributed by atoms with E-state index in [-0.39, 0.29) is 18.2 Å². The van der Waals surface area contributed by atoms with Crippen molar-refractivity contribution in [2.75, 3.05) is 39.3 Å². The van der Waals surface area contributed by atoms with Crippen LogP contribution in [0.15, 0.2) is 18.2 Å². The highest BCUT2D eigenvalue weighted by molar-refractivity contribution is 6.27. The van der Waals surface area contributed by atoms with Crippen molar-refractivity contribution >= 4 is 23.9 Å². The molecule has 0 saturated carbocycles. The molecular formula is C25H33N5O4. The topological polar surface area (TPSA) is 102 Å². The molecule has 182 valence electrons. The van der Waals surface area contributed by atoms with Gasteiger partial charge in [-0.25, -0.2) is 0 Å². The predicted octanol–water partition coefficient (Wildman–Crippen LogP) is -0.0139. The molecular weight excluding hydrogens is 434 g/mol. The van der Waals surface area contributed by atoms with E-state index in [4.69, 9.17) is 0 Å². The molecule has 5 rings (SSSR count). The monoisotopic (exact) mass is 467 g/mol. The number of carbonyl (C=O) groups is 4. The average molecular weight is 468 g/mol. The first-order valence-corrected chi connectivity index (χ1v) is 12.4. The first kappa shape index (κ1) is 23.3. The Hall–Kier alpha value is -2.46. The van der Waals surface area contributed by atoms with Gasteiger partial charge in [-0.1, -0.05) is 18.2 Å². The summed E-state index contributed by atoms with van der Waals surface area (Å²) in [5.74, 6) is -1.23. The lowest BCUT2D eigenvalue weighted by Gasteiger charge is -2.41. The molecule has 9 heteroatoms. The van der Waals surface area contributed by atoms with E-state index in [1.165, 1.54) is 12.8 Å². The molecule has 0 aliphatic carbocycles. The maximum atomic E-state index is 12.7. The number of hydrogen-bond acceptors (Lipinski definition) is 8. The number of aldehydes is 1. The molecule has 4 aliphatic rings. The molecule has 0 aromatic heterocycles. The summed E-state index contributed by atoms with van der Waals surface area (Å²) in [6, 6.07) is 5.48. The second-order valence-corrected chi connectivity index (χ2v) is 9.89. The molecule has 34 heavy (non-hydrogen) atoms. The van der Waals surface area contributed by atoms with Crippen LogP contribution in [-0.2, 0) is 32.3 Å². The van der Waals surface area contributed by atoms with Crippen molar-refractivity contribution in [3.63, 3.8) is 0 Å². The minimum Gasteiger partial charge on any atom is -0.317 e. The van der Waals surface area contributed by atoms with Crippen molar-refractivity contribution in [2.24, 2.45) is 0 Å². The number of rotatable bonds is 6. The number of hydrogen-bond donors (Lipinski definition) is 2. The van der Waals surface area contributed by atoms with Crippen LogP contribution < -0.4 is 10.6 Å². The van der Waals surface area contributed by atoms with Gasteiger partial charge in [-0.05, 0) is 49.0 Å². The zero-order chi connectivity index (χ0) is 23.7. The minimum atomic E-state index is -0.770. The van der Waals surface area contributed by atoms with Crippen molar-refractivity contribution in [2.45, 2.75) is 56.9 Å². The normalized spacial score (nSPS) is 27.4. The number of piperidine rings is 2. The Morgan fingerprint density at radius 3 is 2.53 bits per heavy atom. The standard InChI is InChI=1S/C25H33N5O4/c31-16-22(32)24-20-13-17(14-28-9-11-29(12-10-28)19-5-7-26-8-6-19)1-2-18(20)15-30(24)21-3-4-23(33)27-25(21)34/h1-2,13,16,19,21,24,26H,3-12,14-15H2,(H,27,33,34). The Morgan fingerprint density at radius 2 is 1.82 bits per heavy atom. The summed E-state index contributed by atoms with van der Waals surface area (Å²) in [5, 5.41) is 5.81. The quantitative estimate of drug-likeness (QED) is 0.342. The summed E-state index contributed by atoms with van der Waals surface area (Å²) in [6.07, 6.45) is 3.39. The van der Waals surface area contributed by atoms with Crippen LogP contribution in [0, 0.1) is 0 Å². The van der Waals surface area contributed by atoms with Crippen LogP contribution in [0.5, 0.6) is 0 Å². The highest BCUT2D eigenvalue weighted by Gasteiger charge is 2.43. The molecule has 2 atom stereocenters. The Morgan fingerprint density at radius 1 is 1.06 bits per heavy atom. The fraction of sp³-hybridized carbons (Fsp3) is 0.600. The van der Waals surface area contributed by atoms with E-state index in [9.17, 15) is 19.2 Å². The molecule has 1 aromatic carbocycles. The molecule has 3 fully saturated rings. The van der Waals surface area contributed by atoms with Crippen molar-refractivity contribution in [1.82, 2.24) is 25.3 Å². The van der Waals surface area contributed by atoms with Crippen molar-refractivity contribution in [1.29, 1.82) is 0 Å². The molecule has 0 radical (unpaired) electrons. The summed E-state index contributed by atoms with van der Waals surface area (Å²) in [7, 11) is 0. The predicted molar refractivity (Wildman–Crippen MR) is 125 cm³/mol. The number of amides is 2. The molecule has 0 spiro atoms. The van der Waals surface area contributed by atoms with Crippen molar-refractivity contribution in [3.8, 4) is 0 Å². The Balaban J connectivity index is 1.27. The van der Waals surface area contributed by atoms with E-state index in [2.05, 4.69) is 26.5 Å². The van der Waals surface area contributed by atoms with E-state index < -0.39 is 17.9 Å².